The van der Waals surface area contributed by atoms with Gasteiger partial charge in [-0.15, -0.1) is 23.7 Å². The van der Waals surface area contributed by atoms with Crippen LogP contribution in [0.3, 0.4) is 0 Å². The first-order valence-electron chi connectivity index (χ1n) is 3.58. The molecular weight excluding hydrogens is 210 g/mol. The predicted octanol–water partition coefficient (Wildman–Crippen LogP) is 1.16. The Hall–Kier alpha value is -0.650. The van der Waals surface area contributed by atoms with E-state index in [9.17, 15) is 4.79 Å². The second-order valence-electron chi connectivity index (χ2n) is 2.53. The van der Waals surface area contributed by atoms with Crippen molar-refractivity contribution in [1.29, 1.82) is 0 Å². The van der Waals surface area contributed by atoms with E-state index in [1.165, 1.54) is 11.3 Å². The quantitative estimate of drug-likeness (QED) is 0.788. The van der Waals surface area contributed by atoms with Gasteiger partial charge < -0.3 is 11.1 Å². The molecule has 0 spiro atoms. The monoisotopic (exact) mass is 221 g/mol. The number of thiazole rings is 1. The number of nitrogens with one attached hydrogen (secondary N) is 1. The van der Waals surface area contributed by atoms with Crippen LogP contribution in [0, 0.1) is 6.92 Å². The number of carbonyl (C=O) groups excluding carboxylic acids is 1. The molecule has 13 heavy (non-hydrogen) atoms. The van der Waals surface area contributed by atoms with Gasteiger partial charge in [0.2, 0.25) is 5.91 Å². The highest BCUT2D eigenvalue weighted by Gasteiger charge is 2.08. The zero-order valence-corrected chi connectivity index (χ0v) is 9.04. The van der Waals surface area contributed by atoms with E-state index in [1.807, 2.05) is 6.92 Å². The molecule has 0 aromatic carbocycles. The Morgan fingerprint density at radius 3 is 2.77 bits per heavy atom. The standard InChI is InChI=1S/C7H11N3OS.ClH/c1-4(8)7(11)10-6-3-12-5(2)9-6;/h3-4H,8H2,1-2H3,(H,10,11);1H. The molecule has 4 nitrogen and oxygen atoms in total. The number of aryl methyl sites for hydroxylation is 1. The maximum atomic E-state index is 11.1. The van der Waals surface area contributed by atoms with E-state index in [-0.39, 0.29) is 18.3 Å². The Morgan fingerprint density at radius 1 is 1.77 bits per heavy atom. The first-order chi connectivity index (χ1) is 5.59. The normalized spacial score (nSPS) is 11.6. The number of carbonyl (C=O) groups is 1. The molecule has 0 radical (unpaired) electrons. The molecule has 3 N–H and O–H groups in total. The van der Waals surface area contributed by atoms with E-state index in [0.717, 1.165) is 5.01 Å². The van der Waals surface area contributed by atoms with Crippen LogP contribution in [0.5, 0.6) is 0 Å². The largest absolute Gasteiger partial charge is 0.320 e. The van der Waals surface area contributed by atoms with Gasteiger partial charge in [0.1, 0.15) is 5.82 Å². The summed E-state index contributed by atoms with van der Waals surface area (Å²) in [5.41, 5.74) is 5.35. The lowest BCUT2D eigenvalue weighted by Gasteiger charge is -2.03. The summed E-state index contributed by atoms with van der Waals surface area (Å²) in [6, 6.07) is -0.494. The average Bonchev–Trinajstić information content (AvgIpc) is 2.35. The van der Waals surface area contributed by atoms with E-state index in [4.69, 9.17) is 5.73 Å². The summed E-state index contributed by atoms with van der Waals surface area (Å²) in [5, 5.41) is 5.31. The molecule has 0 saturated heterocycles. The number of nitrogens with zero attached hydrogens (tertiary/aromatic N) is 1. The van der Waals surface area contributed by atoms with E-state index in [1.54, 1.807) is 12.3 Å². The first-order valence-corrected chi connectivity index (χ1v) is 4.46. The van der Waals surface area contributed by atoms with Gasteiger partial charge in [-0.25, -0.2) is 4.98 Å². The average molecular weight is 222 g/mol. The highest BCUT2D eigenvalue weighted by Crippen LogP contribution is 2.12. The minimum Gasteiger partial charge on any atom is -0.320 e. The third-order valence-corrected chi connectivity index (χ3v) is 2.06. The summed E-state index contributed by atoms with van der Waals surface area (Å²) in [6.07, 6.45) is 0. The smallest absolute Gasteiger partial charge is 0.242 e. The number of hydrogen-bond donors (Lipinski definition) is 2. The van der Waals surface area contributed by atoms with Crippen LogP contribution in [0.25, 0.3) is 0 Å². The third-order valence-electron chi connectivity index (χ3n) is 1.28. The van der Waals surface area contributed by atoms with Crippen LogP contribution >= 0.6 is 23.7 Å². The Labute approximate surface area is 87.0 Å². The van der Waals surface area contributed by atoms with Crippen LogP contribution in [0.2, 0.25) is 0 Å². The lowest BCUT2D eigenvalue weighted by atomic mass is 10.3. The summed E-state index contributed by atoms with van der Waals surface area (Å²) in [4.78, 5) is 15.1. The molecule has 0 fully saturated rings. The maximum absolute atomic E-state index is 11.1. The van der Waals surface area contributed by atoms with Crippen molar-refractivity contribution in [2.75, 3.05) is 5.32 Å². The predicted molar refractivity (Wildman–Crippen MR) is 56.4 cm³/mol. The SMILES string of the molecule is Cc1nc(NC(=O)C(C)N)cs1.Cl. The molecule has 0 saturated carbocycles. The molecule has 74 valence electrons. The van der Waals surface area contributed by atoms with Gasteiger partial charge in [0.05, 0.1) is 11.0 Å². The third kappa shape index (κ3) is 3.71. The minimum absolute atomic E-state index is 0. The zero-order chi connectivity index (χ0) is 9.14. The Bertz CT molecular complexity index is 287. The fraction of sp³-hybridized carbons (Fsp3) is 0.429. The lowest BCUT2D eigenvalue weighted by molar-refractivity contribution is -0.117. The van der Waals surface area contributed by atoms with Gasteiger partial charge in [0.15, 0.2) is 0 Å². The second-order valence-corrected chi connectivity index (χ2v) is 3.59. The molecule has 0 aliphatic carbocycles. The number of aromatic nitrogens is 1. The molecular formula is C7H12ClN3OS. The van der Waals surface area contributed by atoms with Gasteiger partial charge in [-0.3, -0.25) is 4.79 Å². The van der Waals surface area contributed by atoms with Crippen LogP contribution in [-0.2, 0) is 4.79 Å². The number of nitrogens with two attached hydrogens (primary N) is 1. The molecule has 1 rings (SSSR count). The molecule has 1 heterocycles. The van der Waals surface area contributed by atoms with Gasteiger partial charge >= 0.3 is 0 Å². The number of halogens is 1. The van der Waals surface area contributed by atoms with E-state index < -0.39 is 6.04 Å². The number of rotatable bonds is 2. The van der Waals surface area contributed by atoms with Crippen molar-refractivity contribution in [1.82, 2.24) is 4.98 Å². The van der Waals surface area contributed by atoms with Crippen molar-refractivity contribution >= 4 is 35.5 Å². The molecule has 1 atom stereocenters. The molecule has 1 unspecified atom stereocenters. The van der Waals surface area contributed by atoms with Gasteiger partial charge in [0.25, 0.3) is 0 Å². The molecule has 0 aliphatic heterocycles. The van der Waals surface area contributed by atoms with E-state index in [0.29, 0.717) is 5.82 Å². The van der Waals surface area contributed by atoms with Crippen LogP contribution in [0.4, 0.5) is 5.82 Å². The molecule has 1 amide bonds. The topological polar surface area (TPSA) is 68.0 Å². The molecule has 0 aliphatic rings. The lowest BCUT2D eigenvalue weighted by Crippen LogP contribution is -2.32. The summed E-state index contributed by atoms with van der Waals surface area (Å²) in [6.45, 7) is 3.51. The Kier molecular flexibility index (Phi) is 4.90. The molecule has 6 heteroatoms. The minimum atomic E-state index is -0.494. The van der Waals surface area contributed by atoms with Crippen LogP contribution in [0.1, 0.15) is 11.9 Å². The van der Waals surface area contributed by atoms with Crippen molar-refractivity contribution in [3.05, 3.63) is 10.4 Å². The summed E-state index contributed by atoms with van der Waals surface area (Å²) in [5.74, 6) is 0.375. The van der Waals surface area contributed by atoms with Crippen molar-refractivity contribution in [3.8, 4) is 0 Å². The Morgan fingerprint density at radius 2 is 2.38 bits per heavy atom. The number of amides is 1. The van der Waals surface area contributed by atoms with Gasteiger partial charge in [-0.1, -0.05) is 0 Å². The van der Waals surface area contributed by atoms with Crippen molar-refractivity contribution < 1.29 is 4.79 Å². The molecule has 1 aromatic heterocycles. The van der Waals surface area contributed by atoms with Crippen LogP contribution < -0.4 is 11.1 Å². The van der Waals surface area contributed by atoms with Crippen molar-refractivity contribution in [2.45, 2.75) is 19.9 Å². The van der Waals surface area contributed by atoms with E-state index in [2.05, 4.69) is 10.3 Å². The van der Waals surface area contributed by atoms with Gasteiger partial charge in [-0.05, 0) is 13.8 Å². The summed E-state index contributed by atoms with van der Waals surface area (Å²) >= 11 is 1.49. The van der Waals surface area contributed by atoms with Gasteiger partial charge in [-0.2, -0.15) is 0 Å². The zero-order valence-electron chi connectivity index (χ0n) is 7.40. The number of hydrogen-bond acceptors (Lipinski definition) is 4. The molecule has 0 bridgehead atoms. The first kappa shape index (κ1) is 12.3. The highest BCUT2D eigenvalue weighted by molar-refractivity contribution is 7.09. The fourth-order valence-electron chi connectivity index (χ4n) is 0.661. The maximum Gasteiger partial charge on any atom is 0.242 e. The summed E-state index contributed by atoms with van der Waals surface area (Å²) in [7, 11) is 0. The van der Waals surface area contributed by atoms with Crippen LogP contribution in [-0.4, -0.2) is 16.9 Å². The number of anilines is 1. The van der Waals surface area contributed by atoms with Crippen molar-refractivity contribution in [2.24, 2.45) is 5.73 Å². The van der Waals surface area contributed by atoms with Crippen molar-refractivity contribution in [3.63, 3.8) is 0 Å². The fourth-order valence-corrected chi connectivity index (χ4v) is 1.21. The van der Waals surface area contributed by atoms with Gasteiger partial charge in [0, 0.05) is 5.38 Å². The second kappa shape index (κ2) is 5.16. The Balaban J connectivity index is 0.00000144. The highest BCUT2D eigenvalue weighted by atomic mass is 35.5. The summed E-state index contributed by atoms with van der Waals surface area (Å²) < 4.78 is 0. The van der Waals surface area contributed by atoms with Crippen LogP contribution in [0.15, 0.2) is 5.38 Å². The molecule has 1 aromatic rings. The van der Waals surface area contributed by atoms with E-state index >= 15 is 0 Å².